The van der Waals surface area contributed by atoms with E-state index in [1.807, 2.05) is 4.72 Å². The molecule has 0 saturated heterocycles. The molecule has 7 nitrogen and oxygen atoms in total. The van der Waals surface area contributed by atoms with Gasteiger partial charge in [-0.05, 0) is 37.5 Å². The summed E-state index contributed by atoms with van der Waals surface area (Å²) in [5.74, 6) is 0.142. The van der Waals surface area contributed by atoms with E-state index in [9.17, 15) is 13.2 Å². The molecular formula is C12H17N3O4S. The van der Waals surface area contributed by atoms with Gasteiger partial charge in [-0.1, -0.05) is 0 Å². The molecule has 1 aromatic rings. The Morgan fingerprint density at radius 2 is 2.05 bits per heavy atom. The maximum Gasteiger partial charge on any atom is 0.328 e. The molecule has 0 heterocycles. The molecule has 1 aliphatic carbocycles. The molecule has 0 spiro atoms. The molecule has 2 rings (SSSR count). The number of urea groups is 1. The van der Waals surface area contributed by atoms with Gasteiger partial charge in [-0.15, -0.1) is 0 Å². The van der Waals surface area contributed by atoms with E-state index in [1.165, 1.54) is 19.2 Å². The number of methoxy groups -OCH3 is 1. The van der Waals surface area contributed by atoms with Gasteiger partial charge in [0.25, 0.3) is 10.0 Å². The highest BCUT2D eigenvalue weighted by atomic mass is 32.2. The van der Waals surface area contributed by atoms with E-state index in [0.29, 0.717) is 11.3 Å². The first-order valence-electron chi connectivity index (χ1n) is 6.11. The third-order valence-electron chi connectivity index (χ3n) is 2.98. The van der Waals surface area contributed by atoms with Gasteiger partial charge in [0.1, 0.15) is 10.6 Å². The van der Waals surface area contributed by atoms with Crippen LogP contribution in [0.5, 0.6) is 5.75 Å². The van der Waals surface area contributed by atoms with Crippen LogP contribution in [0.4, 0.5) is 10.5 Å². The van der Waals surface area contributed by atoms with Gasteiger partial charge in [0.15, 0.2) is 0 Å². The quantitative estimate of drug-likeness (QED) is 0.710. The average molecular weight is 299 g/mol. The Kier molecular flexibility index (Phi) is 3.76. The lowest BCUT2D eigenvalue weighted by molar-refractivity contribution is 0.245. The van der Waals surface area contributed by atoms with E-state index in [0.717, 1.165) is 12.8 Å². The van der Waals surface area contributed by atoms with E-state index < -0.39 is 16.1 Å². The molecule has 0 radical (unpaired) electrons. The van der Waals surface area contributed by atoms with Crippen LogP contribution in [0.25, 0.3) is 0 Å². The molecule has 0 atom stereocenters. The fourth-order valence-electron chi connectivity index (χ4n) is 1.67. The topological polar surface area (TPSA) is 111 Å². The Hall–Kier alpha value is -1.96. The van der Waals surface area contributed by atoms with E-state index in [1.54, 1.807) is 6.92 Å². The van der Waals surface area contributed by atoms with Crippen LogP contribution in [0.1, 0.15) is 18.4 Å². The second-order valence-electron chi connectivity index (χ2n) is 4.71. The number of nitrogens with one attached hydrogen (secondary N) is 2. The van der Waals surface area contributed by atoms with Crippen molar-refractivity contribution >= 4 is 21.7 Å². The van der Waals surface area contributed by atoms with Crippen molar-refractivity contribution in [3.63, 3.8) is 0 Å². The molecule has 0 aromatic heterocycles. The van der Waals surface area contributed by atoms with Gasteiger partial charge in [0.05, 0.1) is 7.11 Å². The number of anilines is 1. The number of rotatable bonds is 4. The average Bonchev–Trinajstić information content (AvgIpc) is 3.14. The minimum absolute atomic E-state index is 0.0650. The molecule has 0 aliphatic heterocycles. The van der Waals surface area contributed by atoms with Crippen molar-refractivity contribution in [2.24, 2.45) is 0 Å². The van der Waals surface area contributed by atoms with Crippen molar-refractivity contribution in [2.75, 3.05) is 12.8 Å². The van der Waals surface area contributed by atoms with Crippen molar-refractivity contribution in [3.8, 4) is 5.75 Å². The molecule has 2 amide bonds. The second-order valence-corrected chi connectivity index (χ2v) is 6.36. The fourth-order valence-corrected chi connectivity index (χ4v) is 2.77. The lowest BCUT2D eigenvalue weighted by atomic mass is 10.2. The van der Waals surface area contributed by atoms with Gasteiger partial charge < -0.3 is 15.8 Å². The molecule has 20 heavy (non-hydrogen) atoms. The first kappa shape index (κ1) is 14.4. The number of carbonyl (C=O) groups excluding carboxylic acids is 1. The summed E-state index contributed by atoms with van der Waals surface area (Å²) in [6, 6.07) is 2.12. The minimum atomic E-state index is -4.03. The van der Waals surface area contributed by atoms with Crippen molar-refractivity contribution in [2.45, 2.75) is 30.7 Å². The van der Waals surface area contributed by atoms with Crippen LogP contribution in [-0.4, -0.2) is 27.6 Å². The number of aryl methyl sites for hydroxylation is 1. The monoisotopic (exact) mass is 299 g/mol. The second kappa shape index (κ2) is 5.20. The van der Waals surface area contributed by atoms with Crippen LogP contribution < -0.4 is 20.5 Å². The molecule has 1 aromatic carbocycles. The number of sulfonamides is 1. The zero-order valence-electron chi connectivity index (χ0n) is 11.3. The molecule has 1 saturated carbocycles. The number of amides is 2. The van der Waals surface area contributed by atoms with Crippen LogP contribution in [-0.2, 0) is 10.0 Å². The number of nitrogen functional groups attached to an aromatic ring is 1. The lowest BCUT2D eigenvalue weighted by Gasteiger charge is -2.13. The summed E-state index contributed by atoms with van der Waals surface area (Å²) >= 11 is 0. The predicted octanol–water partition coefficient (Wildman–Crippen LogP) is 0.736. The molecule has 1 fully saturated rings. The molecule has 1 aliphatic rings. The number of carbonyl (C=O) groups is 1. The third kappa shape index (κ3) is 3.13. The Balaban J connectivity index is 2.27. The van der Waals surface area contributed by atoms with Crippen molar-refractivity contribution in [1.29, 1.82) is 0 Å². The molecular weight excluding hydrogens is 282 g/mol. The van der Waals surface area contributed by atoms with Crippen molar-refractivity contribution in [1.82, 2.24) is 10.0 Å². The van der Waals surface area contributed by atoms with Crippen LogP contribution in [0.2, 0.25) is 0 Å². The van der Waals surface area contributed by atoms with Crippen molar-refractivity contribution < 1.29 is 17.9 Å². The van der Waals surface area contributed by atoms with Gasteiger partial charge in [0, 0.05) is 11.7 Å². The number of ether oxygens (including phenoxy) is 1. The number of benzene rings is 1. The molecule has 110 valence electrons. The summed E-state index contributed by atoms with van der Waals surface area (Å²) in [7, 11) is -2.67. The Labute approximate surface area is 117 Å². The summed E-state index contributed by atoms with van der Waals surface area (Å²) in [5.41, 5.74) is 6.73. The Bertz CT molecular complexity index is 638. The van der Waals surface area contributed by atoms with Gasteiger partial charge >= 0.3 is 6.03 Å². The highest BCUT2D eigenvalue weighted by Gasteiger charge is 2.27. The van der Waals surface area contributed by atoms with Crippen LogP contribution in [0.15, 0.2) is 17.0 Å². The molecule has 0 unspecified atom stereocenters. The highest BCUT2D eigenvalue weighted by molar-refractivity contribution is 7.90. The summed E-state index contributed by atoms with van der Waals surface area (Å²) in [6.45, 7) is 1.74. The summed E-state index contributed by atoms with van der Waals surface area (Å²) in [5, 5.41) is 2.54. The smallest absolute Gasteiger partial charge is 0.328 e. The first-order valence-corrected chi connectivity index (χ1v) is 7.59. The van der Waals surface area contributed by atoms with Gasteiger partial charge in [-0.3, -0.25) is 0 Å². The standard InChI is InChI=1S/C12H17N3O4S/c1-7-5-10(19-2)11(6-9(7)13)20(17,18)15-12(16)14-8-3-4-8/h5-6,8H,3-4,13H2,1-2H3,(H2,14,15,16). The maximum atomic E-state index is 12.2. The van der Waals surface area contributed by atoms with E-state index >= 15 is 0 Å². The Morgan fingerprint density at radius 1 is 1.40 bits per heavy atom. The van der Waals surface area contributed by atoms with E-state index in [4.69, 9.17) is 10.5 Å². The van der Waals surface area contributed by atoms with Crippen LogP contribution in [0.3, 0.4) is 0 Å². The third-order valence-corrected chi connectivity index (χ3v) is 4.33. The van der Waals surface area contributed by atoms with E-state index in [2.05, 4.69) is 5.32 Å². The summed E-state index contributed by atoms with van der Waals surface area (Å²) < 4.78 is 31.3. The fraction of sp³-hybridized carbons (Fsp3) is 0.417. The number of hydrogen-bond acceptors (Lipinski definition) is 5. The molecule has 4 N–H and O–H groups in total. The zero-order valence-corrected chi connectivity index (χ0v) is 12.1. The number of hydrogen-bond donors (Lipinski definition) is 3. The molecule has 8 heteroatoms. The van der Waals surface area contributed by atoms with Gasteiger partial charge in [0.2, 0.25) is 0 Å². The van der Waals surface area contributed by atoms with Crippen LogP contribution >= 0.6 is 0 Å². The first-order chi connectivity index (χ1) is 9.33. The Morgan fingerprint density at radius 3 is 2.60 bits per heavy atom. The zero-order chi connectivity index (χ0) is 14.9. The van der Waals surface area contributed by atoms with Gasteiger partial charge in [-0.25, -0.2) is 17.9 Å². The highest BCUT2D eigenvalue weighted by Crippen LogP contribution is 2.28. The normalized spacial score (nSPS) is 14.7. The van der Waals surface area contributed by atoms with Crippen molar-refractivity contribution in [3.05, 3.63) is 17.7 Å². The summed E-state index contributed by atoms with van der Waals surface area (Å²) in [4.78, 5) is 11.4. The minimum Gasteiger partial charge on any atom is -0.495 e. The van der Waals surface area contributed by atoms with Gasteiger partial charge in [-0.2, -0.15) is 0 Å². The molecule has 0 bridgehead atoms. The SMILES string of the molecule is COc1cc(C)c(N)cc1S(=O)(=O)NC(=O)NC1CC1. The maximum absolute atomic E-state index is 12.2. The van der Waals surface area contributed by atoms with Crippen LogP contribution in [0, 0.1) is 6.92 Å². The largest absolute Gasteiger partial charge is 0.495 e. The van der Waals surface area contributed by atoms with E-state index in [-0.39, 0.29) is 16.7 Å². The summed E-state index contributed by atoms with van der Waals surface area (Å²) in [6.07, 6.45) is 1.74. The number of nitrogens with two attached hydrogens (primary N) is 1. The lowest BCUT2D eigenvalue weighted by Crippen LogP contribution is -2.40. The predicted molar refractivity (Wildman–Crippen MR) is 74.0 cm³/mol.